The normalized spacial score (nSPS) is 45.5. The van der Waals surface area contributed by atoms with E-state index in [2.05, 4.69) is 24.0 Å². The van der Waals surface area contributed by atoms with Crippen LogP contribution in [-0.2, 0) is 11.3 Å². The number of fused-ring (bicyclic) bond motifs is 5. The predicted octanol–water partition coefficient (Wildman–Crippen LogP) is 4.95. The minimum absolute atomic E-state index is 0.491. The van der Waals surface area contributed by atoms with Crippen molar-refractivity contribution in [1.29, 1.82) is 0 Å². The highest BCUT2D eigenvalue weighted by molar-refractivity contribution is 5.07. The van der Waals surface area contributed by atoms with E-state index in [0.29, 0.717) is 30.5 Å². The Morgan fingerprint density at radius 1 is 1.03 bits per heavy atom. The Kier molecular flexibility index (Phi) is 5.96. The van der Waals surface area contributed by atoms with E-state index in [1.165, 1.54) is 44.9 Å². The Morgan fingerprint density at radius 3 is 2.58 bits per heavy atom. The first kappa shape index (κ1) is 21.9. The first-order valence-corrected chi connectivity index (χ1v) is 13.1. The molecular weight excluding hydrogens is 386 g/mol. The molecule has 174 valence electrons. The lowest BCUT2D eigenvalue weighted by atomic mass is 9.48. The molecule has 5 nitrogen and oxygen atoms in total. The van der Waals surface area contributed by atoms with Gasteiger partial charge in [0.25, 0.3) is 0 Å². The first-order valence-electron chi connectivity index (χ1n) is 13.1. The Balaban J connectivity index is 1.26. The van der Waals surface area contributed by atoms with Crippen LogP contribution in [-0.4, -0.2) is 38.9 Å². The molecule has 0 amide bonds. The molecule has 1 aromatic rings. The maximum Gasteiger partial charge on any atom is 0.0883 e. The largest absolute Gasteiger partial charge is 0.387 e. The van der Waals surface area contributed by atoms with Gasteiger partial charge in [0.05, 0.1) is 31.1 Å². The fraction of sp³-hybridized carbons (Fsp3) is 0.923. The first-order chi connectivity index (χ1) is 14.9. The number of aliphatic hydroxyl groups is 1. The highest BCUT2D eigenvalue weighted by atomic mass is 16.5. The van der Waals surface area contributed by atoms with Crippen LogP contribution in [0.3, 0.4) is 0 Å². The molecule has 1 N–H and O–H groups in total. The van der Waals surface area contributed by atoms with Crippen molar-refractivity contribution in [1.82, 2.24) is 15.0 Å². The highest BCUT2D eigenvalue weighted by Crippen LogP contribution is 2.65. The van der Waals surface area contributed by atoms with Crippen LogP contribution in [0.25, 0.3) is 0 Å². The van der Waals surface area contributed by atoms with Crippen LogP contribution in [0, 0.1) is 46.8 Å². The van der Waals surface area contributed by atoms with Gasteiger partial charge < -0.3 is 9.84 Å². The SMILES string of the molecule is CCOC[C@@]1(O)CC[C@H]2[C@H](CC[C@@H]3[C@@H]2CC[C@]2(C)[C@@H]([C@H](C)Cn4nccn4)CC[C@@H]32)C1. The molecule has 0 spiro atoms. The standard InChI is InChI=1S/C26H43N3O2/c1-4-31-17-26(30)12-10-20-19(15-26)5-6-22-21(20)9-11-25(3)23(7-8-24(22)25)18(2)16-29-27-13-14-28-29/h13-14,18-24,30H,4-12,15-17H2,1-3H3/t18-,19-,20+,21-,22-,23-,24+,25-,26-/m1/s1. The topological polar surface area (TPSA) is 60.2 Å². The zero-order valence-corrected chi connectivity index (χ0v) is 19.9. The Labute approximate surface area is 188 Å². The van der Waals surface area contributed by atoms with Gasteiger partial charge in [-0.2, -0.15) is 15.0 Å². The van der Waals surface area contributed by atoms with Gasteiger partial charge in [0.1, 0.15) is 0 Å². The molecule has 4 saturated carbocycles. The Morgan fingerprint density at radius 2 is 1.81 bits per heavy atom. The lowest BCUT2D eigenvalue weighted by Gasteiger charge is -2.57. The Hall–Kier alpha value is -0.940. The zero-order valence-electron chi connectivity index (χ0n) is 19.9. The van der Waals surface area contributed by atoms with E-state index >= 15 is 0 Å². The molecule has 0 saturated heterocycles. The van der Waals surface area contributed by atoms with Crippen LogP contribution in [0.2, 0.25) is 0 Å². The lowest BCUT2D eigenvalue weighted by molar-refractivity contribution is -0.129. The molecule has 0 aliphatic heterocycles. The van der Waals surface area contributed by atoms with Crippen LogP contribution in [0.15, 0.2) is 12.4 Å². The summed E-state index contributed by atoms with van der Waals surface area (Å²) in [6, 6.07) is 0. The summed E-state index contributed by atoms with van der Waals surface area (Å²) in [5.74, 6) is 5.70. The van der Waals surface area contributed by atoms with Crippen molar-refractivity contribution in [2.75, 3.05) is 13.2 Å². The van der Waals surface area contributed by atoms with Gasteiger partial charge in [0.2, 0.25) is 0 Å². The summed E-state index contributed by atoms with van der Waals surface area (Å²) in [6.45, 7) is 9.29. The van der Waals surface area contributed by atoms with E-state index in [1.807, 2.05) is 11.7 Å². The molecule has 4 aliphatic carbocycles. The average molecular weight is 430 g/mol. The molecule has 1 aromatic heterocycles. The van der Waals surface area contributed by atoms with Crippen LogP contribution < -0.4 is 0 Å². The highest BCUT2D eigenvalue weighted by Gasteiger charge is 2.58. The number of ether oxygens (including phenoxy) is 1. The fourth-order valence-electron chi connectivity index (χ4n) is 9.08. The van der Waals surface area contributed by atoms with Crippen molar-refractivity contribution in [2.24, 2.45) is 46.8 Å². The van der Waals surface area contributed by atoms with Crippen molar-refractivity contribution in [2.45, 2.75) is 90.7 Å². The summed E-state index contributed by atoms with van der Waals surface area (Å²) in [4.78, 5) is 1.89. The van der Waals surface area contributed by atoms with Crippen LogP contribution >= 0.6 is 0 Å². The van der Waals surface area contributed by atoms with E-state index in [9.17, 15) is 5.11 Å². The molecule has 4 aliphatic rings. The van der Waals surface area contributed by atoms with Crippen molar-refractivity contribution in [3.8, 4) is 0 Å². The van der Waals surface area contributed by atoms with Gasteiger partial charge in [-0.15, -0.1) is 0 Å². The van der Waals surface area contributed by atoms with Crippen molar-refractivity contribution < 1.29 is 9.84 Å². The smallest absolute Gasteiger partial charge is 0.0883 e. The maximum atomic E-state index is 11.1. The molecule has 0 bridgehead atoms. The number of aromatic nitrogens is 3. The van der Waals surface area contributed by atoms with E-state index in [1.54, 1.807) is 12.4 Å². The molecule has 0 unspecified atom stereocenters. The van der Waals surface area contributed by atoms with Gasteiger partial charge in [-0.25, -0.2) is 0 Å². The number of nitrogens with zero attached hydrogens (tertiary/aromatic N) is 3. The van der Waals surface area contributed by atoms with Gasteiger partial charge in [-0.1, -0.05) is 13.8 Å². The fourth-order valence-corrected chi connectivity index (χ4v) is 9.08. The minimum Gasteiger partial charge on any atom is -0.387 e. The molecule has 9 atom stereocenters. The predicted molar refractivity (Wildman–Crippen MR) is 121 cm³/mol. The molecule has 5 rings (SSSR count). The molecule has 1 heterocycles. The van der Waals surface area contributed by atoms with Crippen molar-refractivity contribution in [3.05, 3.63) is 12.4 Å². The molecule has 0 aromatic carbocycles. The van der Waals surface area contributed by atoms with Crippen LogP contribution in [0.1, 0.15) is 78.6 Å². The summed E-state index contributed by atoms with van der Waals surface area (Å²) in [5, 5.41) is 19.8. The lowest BCUT2D eigenvalue weighted by Crippen LogP contribution is -2.52. The van der Waals surface area contributed by atoms with Gasteiger partial charge in [0.15, 0.2) is 0 Å². The number of rotatable bonds is 6. The van der Waals surface area contributed by atoms with Gasteiger partial charge in [-0.3, -0.25) is 0 Å². The van der Waals surface area contributed by atoms with Gasteiger partial charge >= 0.3 is 0 Å². The maximum absolute atomic E-state index is 11.1. The summed E-state index contributed by atoms with van der Waals surface area (Å²) < 4.78 is 5.64. The average Bonchev–Trinajstić information content (AvgIpc) is 3.39. The second-order valence-corrected chi connectivity index (χ2v) is 11.8. The third-order valence-electron chi connectivity index (χ3n) is 10.4. The van der Waals surface area contributed by atoms with E-state index in [4.69, 9.17) is 4.74 Å². The second-order valence-electron chi connectivity index (χ2n) is 11.8. The quantitative estimate of drug-likeness (QED) is 0.695. The van der Waals surface area contributed by atoms with E-state index < -0.39 is 5.60 Å². The monoisotopic (exact) mass is 429 g/mol. The van der Waals surface area contributed by atoms with E-state index in [0.717, 1.165) is 49.0 Å². The minimum atomic E-state index is -0.568. The van der Waals surface area contributed by atoms with Crippen LogP contribution in [0.5, 0.6) is 0 Å². The second kappa shape index (κ2) is 8.44. The summed E-state index contributed by atoms with van der Waals surface area (Å²) in [5.41, 5.74) is -0.0768. The summed E-state index contributed by atoms with van der Waals surface area (Å²) in [7, 11) is 0. The summed E-state index contributed by atoms with van der Waals surface area (Å²) >= 11 is 0. The molecular formula is C26H43N3O2. The molecule has 5 heteroatoms. The zero-order chi connectivity index (χ0) is 21.6. The third-order valence-corrected chi connectivity index (χ3v) is 10.4. The van der Waals surface area contributed by atoms with Gasteiger partial charge in [0, 0.05) is 6.61 Å². The van der Waals surface area contributed by atoms with E-state index in [-0.39, 0.29) is 0 Å². The third kappa shape index (κ3) is 3.88. The van der Waals surface area contributed by atoms with Crippen LogP contribution in [0.4, 0.5) is 0 Å². The molecule has 0 radical (unpaired) electrons. The number of hydrogen-bond donors (Lipinski definition) is 1. The Bertz CT molecular complexity index is 739. The van der Waals surface area contributed by atoms with Gasteiger partial charge in [-0.05, 0) is 112 Å². The van der Waals surface area contributed by atoms with Crippen molar-refractivity contribution >= 4 is 0 Å². The van der Waals surface area contributed by atoms with Crippen molar-refractivity contribution in [3.63, 3.8) is 0 Å². The molecule has 31 heavy (non-hydrogen) atoms. The summed E-state index contributed by atoms with van der Waals surface area (Å²) in [6.07, 6.45) is 15.0. The number of hydrogen-bond acceptors (Lipinski definition) is 4. The molecule has 4 fully saturated rings.